The topological polar surface area (TPSA) is 78.1 Å². The Hall–Kier alpha value is -3.33. The van der Waals surface area contributed by atoms with Crippen LogP contribution in [0, 0.1) is 0 Å². The Bertz CT molecular complexity index is 1190. The third-order valence-electron chi connectivity index (χ3n) is 5.51. The fourth-order valence-electron chi connectivity index (χ4n) is 3.74. The van der Waals surface area contributed by atoms with Crippen molar-refractivity contribution in [1.82, 2.24) is 20.4 Å². The number of halogens is 4. The summed E-state index contributed by atoms with van der Waals surface area (Å²) >= 11 is 6.16. The van der Waals surface area contributed by atoms with Gasteiger partial charge in [0.1, 0.15) is 0 Å². The molecular weight excluding hydrogens is 457 g/mol. The zero-order chi connectivity index (χ0) is 23.6. The summed E-state index contributed by atoms with van der Waals surface area (Å²) < 4.78 is 38.7. The summed E-state index contributed by atoms with van der Waals surface area (Å²) in [5.41, 5.74) is 1.77. The maximum Gasteiger partial charge on any atom is 0.416 e. The van der Waals surface area contributed by atoms with Gasteiger partial charge in [0.05, 0.1) is 12.0 Å². The van der Waals surface area contributed by atoms with Crippen LogP contribution in [0.4, 0.5) is 13.2 Å². The van der Waals surface area contributed by atoms with Gasteiger partial charge in [0, 0.05) is 42.3 Å². The number of fused-ring (bicyclic) bond motifs is 1. The molecule has 0 unspecified atom stereocenters. The second-order valence-corrected chi connectivity index (χ2v) is 8.15. The zero-order valence-electron chi connectivity index (χ0n) is 17.4. The average molecular weight is 477 g/mol. The van der Waals surface area contributed by atoms with Crippen LogP contribution in [-0.4, -0.2) is 33.5 Å². The maximum atomic E-state index is 12.9. The van der Waals surface area contributed by atoms with E-state index in [9.17, 15) is 22.8 Å². The van der Waals surface area contributed by atoms with Gasteiger partial charge in [-0.1, -0.05) is 41.9 Å². The van der Waals surface area contributed by atoms with E-state index in [1.165, 1.54) is 12.1 Å². The molecule has 6 nitrogen and oxygen atoms in total. The first-order valence-corrected chi connectivity index (χ1v) is 10.6. The van der Waals surface area contributed by atoms with Crippen molar-refractivity contribution in [2.75, 3.05) is 6.54 Å². The average Bonchev–Trinajstić information content (AvgIpc) is 3.22. The number of amides is 2. The number of carbonyl (C=O) groups excluding carboxylic acids is 2. The minimum Gasteiger partial charge on any atom is -0.347 e. The van der Waals surface area contributed by atoms with Crippen molar-refractivity contribution < 1.29 is 22.8 Å². The Labute approximate surface area is 192 Å². The molecule has 0 atom stereocenters. The molecule has 10 heteroatoms. The summed E-state index contributed by atoms with van der Waals surface area (Å²) in [4.78, 5) is 27.2. The molecule has 2 amide bonds. The molecule has 0 saturated carbocycles. The molecule has 33 heavy (non-hydrogen) atoms. The van der Waals surface area contributed by atoms with Crippen LogP contribution in [-0.2, 0) is 36.9 Å². The first kappa shape index (κ1) is 22.8. The van der Waals surface area contributed by atoms with Crippen LogP contribution in [0.25, 0.3) is 0 Å². The molecule has 4 rings (SSSR count). The van der Waals surface area contributed by atoms with Crippen molar-refractivity contribution in [3.63, 3.8) is 0 Å². The minimum atomic E-state index is -4.46. The number of hydrogen-bond donors (Lipinski definition) is 2. The number of nitrogens with one attached hydrogen (secondary N) is 2. The number of rotatable bonds is 5. The predicted molar refractivity (Wildman–Crippen MR) is 115 cm³/mol. The molecule has 0 saturated heterocycles. The maximum absolute atomic E-state index is 12.9. The van der Waals surface area contributed by atoms with Gasteiger partial charge in [0.2, 0.25) is 5.91 Å². The molecule has 3 aromatic rings. The number of aromatic nitrogens is 2. The van der Waals surface area contributed by atoms with Crippen LogP contribution in [0.1, 0.15) is 38.4 Å². The molecule has 0 aliphatic carbocycles. The number of benzene rings is 2. The first-order chi connectivity index (χ1) is 15.7. The number of aromatic amines is 1. The molecule has 1 aliphatic heterocycles. The molecular formula is C23H20ClF3N4O2. The molecule has 0 spiro atoms. The van der Waals surface area contributed by atoms with Gasteiger partial charge >= 0.3 is 6.18 Å². The molecule has 2 N–H and O–H groups in total. The molecule has 0 bridgehead atoms. The van der Waals surface area contributed by atoms with E-state index < -0.39 is 17.6 Å². The number of alkyl halides is 3. The highest BCUT2D eigenvalue weighted by atomic mass is 35.5. The zero-order valence-corrected chi connectivity index (χ0v) is 18.1. The van der Waals surface area contributed by atoms with Gasteiger partial charge in [-0.2, -0.15) is 18.3 Å². The van der Waals surface area contributed by atoms with Gasteiger partial charge in [-0.15, -0.1) is 0 Å². The highest BCUT2D eigenvalue weighted by Crippen LogP contribution is 2.29. The lowest BCUT2D eigenvalue weighted by molar-refractivity contribution is -0.137. The predicted octanol–water partition coefficient (Wildman–Crippen LogP) is 4.14. The summed E-state index contributed by atoms with van der Waals surface area (Å²) in [5, 5.41) is 10.0. The first-order valence-electron chi connectivity index (χ1n) is 10.2. The summed E-state index contributed by atoms with van der Waals surface area (Å²) in [6.45, 7) is 0.602. The van der Waals surface area contributed by atoms with E-state index in [0.717, 1.165) is 23.4 Å². The Morgan fingerprint density at radius 3 is 2.70 bits per heavy atom. The van der Waals surface area contributed by atoms with Crippen LogP contribution in [0.2, 0.25) is 5.02 Å². The van der Waals surface area contributed by atoms with E-state index in [2.05, 4.69) is 15.5 Å². The van der Waals surface area contributed by atoms with E-state index in [1.54, 1.807) is 23.1 Å². The highest BCUT2D eigenvalue weighted by molar-refractivity contribution is 6.31. The molecule has 0 radical (unpaired) electrons. The van der Waals surface area contributed by atoms with Crippen molar-refractivity contribution in [3.8, 4) is 0 Å². The van der Waals surface area contributed by atoms with Crippen molar-refractivity contribution in [2.24, 2.45) is 0 Å². The number of nitrogens with zero attached hydrogens (tertiary/aromatic N) is 2. The van der Waals surface area contributed by atoms with Crippen LogP contribution < -0.4 is 5.32 Å². The summed E-state index contributed by atoms with van der Waals surface area (Å²) in [6, 6.07) is 11.9. The lowest BCUT2D eigenvalue weighted by atomic mass is 10.0. The molecule has 2 aromatic carbocycles. The molecule has 1 aromatic heterocycles. The summed E-state index contributed by atoms with van der Waals surface area (Å²) in [7, 11) is 0. The van der Waals surface area contributed by atoms with Crippen LogP contribution in [0.15, 0.2) is 48.5 Å². The lowest BCUT2D eigenvalue weighted by Gasteiger charge is -2.27. The number of carbonyl (C=O) groups is 2. The monoisotopic (exact) mass is 476 g/mol. The van der Waals surface area contributed by atoms with Crippen molar-refractivity contribution in [1.29, 1.82) is 0 Å². The number of H-pyrrole nitrogens is 1. The Morgan fingerprint density at radius 2 is 1.94 bits per heavy atom. The Kier molecular flexibility index (Phi) is 6.42. The van der Waals surface area contributed by atoms with Crippen LogP contribution >= 0.6 is 11.6 Å². The van der Waals surface area contributed by atoms with Gasteiger partial charge in [-0.3, -0.25) is 14.7 Å². The second-order valence-electron chi connectivity index (χ2n) is 7.74. The molecule has 172 valence electrons. The third kappa shape index (κ3) is 5.19. The third-order valence-corrected chi connectivity index (χ3v) is 5.88. The van der Waals surface area contributed by atoms with Gasteiger partial charge in [-0.25, -0.2) is 0 Å². The van der Waals surface area contributed by atoms with E-state index in [-0.39, 0.29) is 31.1 Å². The van der Waals surface area contributed by atoms with E-state index in [1.807, 2.05) is 6.07 Å². The van der Waals surface area contributed by atoms with Crippen molar-refractivity contribution in [3.05, 3.63) is 87.2 Å². The van der Waals surface area contributed by atoms with Crippen molar-refractivity contribution in [2.45, 2.75) is 32.1 Å². The molecule has 0 fully saturated rings. The number of hydrogen-bond acceptors (Lipinski definition) is 3. The van der Waals surface area contributed by atoms with Gasteiger partial charge in [0.15, 0.2) is 5.69 Å². The van der Waals surface area contributed by atoms with E-state index >= 15 is 0 Å². The summed E-state index contributed by atoms with van der Waals surface area (Å²) in [6.07, 6.45) is -3.80. The van der Waals surface area contributed by atoms with Crippen LogP contribution in [0.5, 0.6) is 0 Å². The van der Waals surface area contributed by atoms with Gasteiger partial charge < -0.3 is 10.2 Å². The van der Waals surface area contributed by atoms with E-state index in [0.29, 0.717) is 29.1 Å². The van der Waals surface area contributed by atoms with E-state index in [4.69, 9.17) is 11.6 Å². The van der Waals surface area contributed by atoms with Crippen molar-refractivity contribution >= 4 is 23.4 Å². The Morgan fingerprint density at radius 1 is 1.15 bits per heavy atom. The normalized spacial score (nSPS) is 13.5. The minimum absolute atomic E-state index is 0.0838. The quantitative estimate of drug-likeness (QED) is 0.581. The largest absolute Gasteiger partial charge is 0.416 e. The highest BCUT2D eigenvalue weighted by Gasteiger charge is 2.31. The van der Waals surface area contributed by atoms with Gasteiger partial charge in [0.25, 0.3) is 5.91 Å². The summed E-state index contributed by atoms with van der Waals surface area (Å²) in [5.74, 6) is -0.643. The standard InChI is InChI=1S/C23H20ClF3N4O2/c24-18-7-2-1-5-15(18)11-20(32)31-9-8-19-17(13-31)21(30-29-19)22(33)28-12-14-4-3-6-16(10-14)23(25,26)27/h1-7,10H,8-9,11-13H2,(H,28,33)(H,29,30). The van der Waals surface area contributed by atoms with Crippen LogP contribution in [0.3, 0.4) is 0 Å². The second kappa shape index (κ2) is 9.27. The lowest BCUT2D eigenvalue weighted by Crippen LogP contribution is -2.37. The molecule has 2 heterocycles. The Balaban J connectivity index is 1.43. The fourth-order valence-corrected chi connectivity index (χ4v) is 3.94. The smallest absolute Gasteiger partial charge is 0.347 e. The molecule has 1 aliphatic rings. The SMILES string of the molecule is O=C(NCc1cccc(C(F)(F)F)c1)c1n[nH]c2c1CN(C(=O)Cc1ccccc1Cl)CC2. The van der Waals surface area contributed by atoms with Gasteiger partial charge in [-0.05, 0) is 29.3 Å². The fraction of sp³-hybridized carbons (Fsp3) is 0.261.